The molecule has 1 unspecified atom stereocenters. The summed E-state index contributed by atoms with van der Waals surface area (Å²) in [6.45, 7) is 6.64. The van der Waals surface area contributed by atoms with Crippen LogP contribution in [0, 0.1) is 5.41 Å². The topological polar surface area (TPSA) is 72.6 Å². The van der Waals surface area contributed by atoms with Crippen LogP contribution in [0.3, 0.4) is 0 Å². The maximum absolute atomic E-state index is 12.4. The first kappa shape index (κ1) is 15.0. The van der Waals surface area contributed by atoms with Gasteiger partial charge in [-0.05, 0) is 40.0 Å². The van der Waals surface area contributed by atoms with Crippen LogP contribution in [-0.4, -0.2) is 42.5 Å². The van der Waals surface area contributed by atoms with Crippen LogP contribution in [0.25, 0.3) is 0 Å². The quantitative estimate of drug-likeness (QED) is 0.759. The molecule has 0 saturated carbocycles. The maximum Gasteiger partial charge on any atom is 0.328 e. The number of carbonyl (C=O) groups is 2. The summed E-state index contributed by atoms with van der Waals surface area (Å²) in [6.07, 6.45) is 2.57. The number of piperidine rings is 1. The molecule has 0 aromatic heterocycles. The monoisotopic (exact) mass is 256 g/mol. The molecule has 0 aromatic rings. The highest BCUT2D eigenvalue weighted by molar-refractivity contribution is 5.88. The zero-order chi connectivity index (χ0) is 13.8. The summed E-state index contributed by atoms with van der Waals surface area (Å²) < 4.78 is 5.04. The number of esters is 1. The Morgan fingerprint density at radius 1 is 1.39 bits per heavy atom. The summed E-state index contributed by atoms with van der Waals surface area (Å²) in [5.74, 6) is -0.346. The Morgan fingerprint density at radius 2 is 2.06 bits per heavy atom. The average molecular weight is 256 g/mol. The lowest BCUT2D eigenvalue weighted by Crippen LogP contribution is -2.54. The van der Waals surface area contributed by atoms with Crippen molar-refractivity contribution in [3.8, 4) is 0 Å². The molecule has 1 aliphatic rings. The van der Waals surface area contributed by atoms with E-state index in [1.54, 1.807) is 11.8 Å². The molecule has 1 atom stereocenters. The van der Waals surface area contributed by atoms with Crippen LogP contribution >= 0.6 is 0 Å². The number of carbonyl (C=O) groups excluding carboxylic acids is 2. The Balaban J connectivity index is 2.82. The van der Waals surface area contributed by atoms with Gasteiger partial charge < -0.3 is 15.4 Å². The molecule has 18 heavy (non-hydrogen) atoms. The van der Waals surface area contributed by atoms with Crippen LogP contribution < -0.4 is 5.73 Å². The number of hydrogen-bond donors (Lipinski definition) is 1. The molecule has 0 radical (unpaired) electrons. The van der Waals surface area contributed by atoms with Crippen LogP contribution in [0.2, 0.25) is 0 Å². The summed E-state index contributed by atoms with van der Waals surface area (Å²) >= 11 is 0. The molecule has 5 nitrogen and oxygen atoms in total. The number of rotatable bonds is 4. The first-order valence-corrected chi connectivity index (χ1v) is 6.61. The SMILES string of the molecule is CCOC(=O)C1CCCCN1C(=O)C(C)(C)CN. The number of hydrogen-bond acceptors (Lipinski definition) is 4. The van der Waals surface area contributed by atoms with Gasteiger partial charge in [0.1, 0.15) is 6.04 Å². The number of nitrogens with two attached hydrogens (primary N) is 1. The third-order valence-corrected chi connectivity index (χ3v) is 3.41. The van der Waals surface area contributed by atoms with Gasteiger partial charge in [0.05, 0.1) is 12.0 Å². The second-order valence-electron chi connectivity index (χ2n) is 5.35. The van der Waals surface area contributed by atoms with Crippen molar-refractivity contribution in [2.75, 3.05) is 19.7 Å². The fraction of sp³-hybridized carbons (Fsp3) is 0.846. The lowest BCUT2D eigenvalue weighted by atomic mass is 9.89. The normalized spacial score (nSPS) is 20.7. The van der Waals surface area contributed by atoms with Crippen LogP contribution in [0.5, 0.6) is 0 Å². The molecule has 2 N–H and O–H groups in total. The largest absolute Gasteiger partial charge is 0.464 e. The van der Waals surface area contributed by atoms with Gasteiger partial charge in [-0.1, -0.05) is 0 Å². The summed E-state index contributed by atoms with van der Waals surface area (Å²) in [5.41, 5.74) is 5.01. The molecule has 1 amide bonds. The minimum absolute atomic E-state index is 0.0530. The minimum Gasteiger partial charge on any atom is -0.464 e. The third-order valence-electron chi connectivity index (χ3n) is 3.41. The van der Waals surface area contributed by atoms with Crippen molar-refractivity contribution in [1.82, 2.24) is 4.90 Å². The summed E-state index contributed by atoms with van der Waals surface area (Å²) in [4.78, 5) is 25.9. The van der Waals surface area contributed by atoms with E-state index < -0.39 is 11.5 Å². The van der Waals surface area contributed by atoms with E-state index in [9.17, 15) is 9.59 Å². The summed E-state index contributed by atoms with van der Waals surface area (Å²) in [7, 11) is 0. The highest BCUT2D eigenvalue weighted by Crippen LogP contribution is 2.25. The second-order valence-corrected chi connectivity index (χ2v) is 5.35. The molecule has 1 rings (SSSR count). The van der Waals surface area contributed by atoms with Gasteiger partial charge in [-0.15, -0.1) is 0 Å². The highest BCUT2D eigenvalue weighted by Gasteiger charge is 2.39. The molecule has 0 aliphatic carbocycles. The van der Waals surface area contributed by atoms with E-state index in [2.05, 4.69) is 0 Å². The van der Waals surface area contributed by atoms with Crippen molar-refractivity contribution >= 4 is 11.9 Å². The molecule has 1 saturated heterocycles. The molecular formula is C13H24N2O3. The number of nitrogens with zero attached hydrogens (tertiary/aromatic N) is 1. The van der Waals surface area contributed by atoms with Crippen molar-refractivity contribution in [1.29, 1.82) is 0 Å². The molecule has 1 heterocycles. The van der Waals surface area contributed by atoms with Gasteiger partial charge in [0, 0.05) is 13.1 Å². The molecule has 104 valence electrons. The molecule has 1 fully saturated rings. The van der Waals surface area contributed by atoms with Crippen LogP contribution in [0.4, 0.5) is 0 Å². The number of amides is 1. The predicted octanol–water partition coefficient (Wildman–Crippen LogP) is 0.915. The van der Waals surface area contributed by atoms with Crippen molar-refractivity contribution in [3.63, 3.8) is 0 Å². The van der Waals surface area contributed by atoms with Crippen LogP contribution in [0.1, 0.15) is 40.0 Å². The van der Waals surface area contributed by atoms with Crippen molar-refractivity contribution in [2.45, 2.75) is 46.1 Å². The zero-order valence-electron chi connectivity index (χ0n) is 11.6. The van der Waals surface area contributed by atoms with E-state index in [4.69, 9.17) is 10.5 Å². The molecule has 0 bridgehead atoms. The molecular weight excluding hydrogens is 232 g/mol. The van der Waals surface area contributed by atoms with E-state index in [0.29, 0.717) is 19.6 Å². The van der Waals surface area contributed by atoms with Crippen molar-refractivity contribution in [2.24, 2.45) is 11.1 Å². The van der Waals surface area contributed by atoms with Crippen molar-refractivity contribution < 1.29 is 14.3 Å². The fourth-order valence-corrected chi connectivity index (χ4v) is 2.13. The van der Waals surface area contributed by atoms with Gasteiger partial charge >= 0.3 is 5.97 Å². The van der Waals surface area contributed by atoms with Gasteiger partial charge in [0.2, 0.25) is 5.91 Å². The zero-order valence-corrected chi connectivity index (χ0v) is 11.6. The van der Waals surface area contributed by atoms with Crippen LogP contribution in [0.15, 0.2) is 0 Å². The third kappa shape index (κ3) is 3.22. The number of likely N-dealkylation sites (tertiary alicyclic amines) is 1. The van der Waals surface area contributed by atoms with E-state index in [-0.39, 0.29) is 18.4 Å². The first-order chi connectivity index (χ1) is 8.44. The van der Waals surface area contributed by atoms with Gasteiger partial charge in [0.25, 0.3) is 0 Å². The van der Waals surface area contributed by atoms with E-state index in [1.807, 2.05) is 13.8 Å². The molecule has 5 heteroatoms. The molecule has 1 aliphatic heterocycles. The van der Waals surface area contributed by atoms with Gasteiger partial charge in [-0.2, -0.15) is 0 Å². The first-order valence-electron chi connectivity index (χ1n) is 6.61. The van der Waals surface area contributed by atoms with E-state index in [1.165, 1.54) is 0 Å². The highest BCUT2D eigenvalue weighted by atomic mass is 16.5. The van der Waals surface area contributed by atoms with Crippen LogP contribution in [-0.2, 0) is 14.3 Å². The molecule has 0 spiro atoms. The summed E-state index contributed by atoms with van der Waals surface area (Å²) in [5, 5.41) is 0. The van der Waals surface area contributed by atoms with Gasteiger partial charge in [0.15, 0.2) is 0 Å². The Hall–Kier alpha value is -1.10. The average Bonchev–Trinajstić information content (AvgIpc) is 2.38. The van der Waals surface area contributed by atoms with Gasteiger partial charge in [-0.25, -0.2) is 4.79 Å². The lowest BCUT2D eigenvalue weighted by molar-refractivity contribution is -0.159. The standard InChI is InChI=1S/C13H24N2O3/c1-4-18-11(16)10-7-5-6-8-15(10)12(17)13(2,3)9-14/h10H,4-9,14H2,1-3H3. The maximum atomic E-state index is 12.4. The smallest absolute Gasteiger partial charge is 0.328 e. The van der Waals surface area contributed by atoms with Gasteiger partial charge in [-0.3, -0.25) is 4.79 Å². The number of ether oxygens (including phenoxy) is 1. The van der Waals surface area contributed by atoms with E-state index in [0.717, 1.165) is 12.8 Å². The van der Waals surface area contributed by atoms with Crippen molar-refractivity contribution in [3.05, 3.63) is 0 Å². The predicted molar refractivity (Wildman–Crippen MR) is 68.8 cm³/mol. The minimum atomic E-state index is -0.623. The van der Waals surface area contributed by atoms with E-state index >= 15 is 0 Å². The Morgan fingerprint density at radius 3 is 2.61 bits per heavy atom. The Kier molecular flexibility index (Phi) is 5.14. The summed E-state index contributed by atoms with van der Waals surface area (Å²) in [6, 6.07) is -0.433. The Bertz CT molecular complexity index is 315. The lowest BCUT2D eigenvalue weighted by Gasteiger charge is -2.38. The second kappa shape index (κ2) is 6.18. The Labute approximate surface area is 109 Å². The molecule has 0 aromatic carbocycles. The fourth-order valence-electron chi connectivity index (χ4n) is 2.13.